The fourth-order valence-corrected chi connectivity index (χ4v) is 4.12. The molecule has 0 radical (unpaired) electrons. The van der Waals surface area contributed by atoms with E-state index >= 15 is 0 Å². The molecule has 4 rings (SSSR count). The maximum Gasteiger partial charge on any atom is 0.290 e. The summed E-state index contributed by atoms with van der Waals surface area (Å²) in [7, 11) is 0. The van der Waals surface area contributed by atoms with Crippen LogP contribution in [-0.2, 0) is 20.7 Å². The molecule has 31 heavy (non-hydrogen) atoms. The van der Waals surface area contributed by atoms with Gasteiger partial charge in [-0.15, -0.1) is 0 Å². The Balaban J connectivity index is 0.000000858. The monoisotopic (exact) mass is 446 g/mol. The van der Waals surface area contributed by atoms with Gasteiger partial charge in [0.05, 0.1) is 11.5 Å². The van der Waals surface area contributed by atoms with Crippen molar-refractivity contribution in [2.45, 2.75) is 32.3 Å². The second-order valence-corrected chi connectivity index (χ2v) is 8.29. The predicted octanol–water partition coefficient (Wildman–Crippen LogP) is 2.48. The SMILES string of the molecule is Cc1nccc(N2CC(Cc3ccc(Cl)cc3)(C(=O)NCC3CCCO3)C2)n1.O=CO. The van der Waals surface area contributed by atoms with Gasteiger partial charge in [0.15, 0.2) is 0 Å². The Hall–Kier alpha value is -2.71. The van der Waals surface area contributed by atoms with Gasteiger partial charge in [-0.3, -0.25) is 9.59 Å². The van der Waals surface area contributed by atoms with E-state index in [0.717, 1.165) is 36.7 Å². The summed E-state index contributed by atoms with van der Waals surface area (Å²) in [5, 5.41) is 10.7. The number of anilines is 1. The molecule has 8 nitrogen and oxygen atoms in total. The maximum absolute atomic E-state index is 13.2. The fraction of sp³-hybridized carbons (Fsp3) is 0.455. The third kappa shape index (κ3) is 5.92. The lowest BCUT2D eigenvalue weighted by atomic mass is 9.73. The summed E-state index contributed by atoms with van der Waals surface area (Å²) in [6.07, 6.45) is 4.64. The molecule has 166 valence electrons. The Morgan fingerprint density at radius 2 is 2.06 bits per heavy atom. The first kappa shape index (κ1) is 23.0. The molecule has 3 heterocycles. The summed E-state index contributed by atoms with van der Waals surface area (Å²) >= 11 is 6.02. The Morgan fingerprint density at radius 3 is 2.68 bits per heavy atom. The standard InChI is InChI=1S/C21H25ClN4O2.CH2O2/c1-15-23-9-8-19(25-15)26-13-21(14-26,11-16-4-6-17(22)7-5-16)20(27)24-12-18-3-2-10-28-18;2-1-3/h4-9,18H,2-3,10-14H2,1H3,(H,24,27);1H,(H,2,3). The first-order valence-corrected chi connectivity index (χ1v) is 10.6. The highest BCUT2D eigenvalue weighted by Gasteiger charge is 2.49. The third-order valence-electron chi connectivity index (χ3n) is 5.52. The summed E-state index contributed by atoms with van der Waals surface area (Å²) in [6.45, 7) is 4.25. The molecule has 1 aromatic carbocycles. The zero-order valence-corrected chi connectivity index (χ0v) is 18.2. The number of hydrogen-bond donors (Lipinski definition) is 2. The average molecular weight is 447 g/mol. The van der Waals surface area contributed by atoms with Gasteiger partial charge in [-0.1, -0.05) is 23.7 Å². The summed E-state index contributed by atoms with van der Waals surface area (Å²) in [6, 6.07) is 9.63. The molecule has 0 aliphatic carbocycles. The molecule has 0 bridgehead atoms. The highest BCUT2D eigenvalue weighted by Crippen LogP contribution is 2.37. The highest BCUT2D eigenvalue weighted by atomic mass is 35.5. The number of aryl methyl sites for hydroxylation is 1. The Morgan fingerprint density at radius 1 is 1.35 bits per heavy atom. The Bertz CT molecular complexity index is 881. The molecule has 2 fully saturated rings. The van der Waals surface area contributed by atoms with Crippen molar-refractivity contribution in [3.05, 3.63) is 52.9 Å². The molecule has 1 atom stereocenters. The van der Waals surface area contributed by atoms with E-state index in [-0.39, 0.29) is 18.5 Å². The number of hydrogen-bond acceptors (Lipinski definition) is 6. The number of ether oxygens (including phenoxy) is 1. The van der Waals surface area contributed by atoms with Crippen molar-refractivity contribution in [2.75, 3.05) is 31.1 Å². The van der Waals surface area contributed by atoms with Crippen LogP contribution in [-0.4, -0.2) is 59.8 Å². The van der Waals surface area contributed by atoms with Crippen LogP contribution in [0.15, 0.2) is 36.5 Å². The van der Waals surface area contributed by atoms with E-state index in [0.29, 0.717) is 31.1 Å². The number of benzene rings is 1. The fourth-order valence-electron chi connectivity index (χ4n) is 3.99. The lowest BCUT2D eigenvalue weighted by Crippen LogP contribution is -2.65. The minimum absolute atomic E-state index is 0.0833. The topological polar surface area (TPSA) is 105 Å². The highest BCUT2D eigenvalue weighted by molar-refractivity contribution is 6.30. The van der Waals surface area contributed by atoms with Gasteiger partial charge in [0.1, 0.15) is 11.6 Å². The number of aromatic nitrogens is 2. The minimum Gasteiger partial charge on any atom is -0.483 e. The quantitative estimate of drug-likeness (QED) is 0.657. The van der Waals surface area contributed by atoms with Crippen LogP contribution in [0.5, 0.6) is 0 Å². The van der Waals surface area contributed by atoms with Crippen molar-refractivity contribution in [1.82, 2.24) is 15.3 Å². The van der Waals surface area contributed by atoms with Crippen LogP contribution in [0.1, 0.15) is 24.2 Å². The number of carbonyl (C=O) groups is 2. The van der Waals surface area contributed by atoms with Crippen molar-refractivity contribution in [3.63, 3.8) is 0 Å². The lowest BCUT2D eigenvalue weighted by molar-refractivity contribution is -0.133. The molecule has 1 unspecified atom stereocenters. The number of amides is 1. The van der Waals surface area contributed by atoms with E-state index in [1.54, 1.807) is 6.20 Å². The molecule has 1 aromatic heterocycles. The first-order valence-electron chi connectivity index (χ1n) is 10.2. The van der Waals surface area contributed by atoms with Gasteiger partial charge < -0.3 is 20.1 Å². The largest absolute Gasteiger partial charge is 0.483 e. The molecule has 2 N–H and O–H groups in total. The third-order valence-corrected chi connectivity index (χ3v) is 5.78. The summed E-state index contributed by atoms with van der Waals surface area (Å²) in [4.78, 5) is 32.3. The summed E-state index contributed by atoms with van der Waals surface area (Å²) < 4.78 is 5.65. The zero-order valence-electron chi connectivity index (χ0n) is 17.5. The van der Waals surface area contributed by atoms with Crippen molar-refractivity contribution in [3.8, 4) is 0 Å². The van der Waals surface area contributed by atoms with Gasteiger partial charge in [0, 0.05) is 37.5 Å². The molecule has 0 saturated carbocycles. The molecule has 0 spiro atoms. The van der Waals surface area contributed by atoms with Gasteiger partial charge in [0.2, 0.25) is 5.91 Å². The summed E-state index contributed by atoms with van der Waals surface area (Å²) in [5.74, 6) is 1.68. The number of nitrogens with one attached hydrogen (secondary N) is 1. The van der Waals surface area contributed by atoms with E-state index in [9.17, 15) is 4.79 Å². The Labute approximate surface area is 186 Å². The number of carbonyl (C=O) groups excluding carboxylic acids is 1. The lowest BCUT2D eigenvalue weighted by Gasteiger charge is -2.49. The molecule has 9 heteroatoms. The van der Waals surface area contributed by atoms with Gasteiger partial charge in [-0.05, 0) is 49.9 Å². The predicted molar refractivity (Wildman–Crippen MR) is 117 cm³/mol. The summed E-state index contributed by atoms with van der Waals surface area (Å²) in [5.41, 5.74) is 0.626. The van der Waals surface area contributed by atoms with Crippen molar-refractivity contribution < 1.29 is 19.4 Å². The zero-order chi connectivity index (χ0) is 22.3. The molecule has 2 saturated heterocycles. The normalized spacial score (nSPS) is 19.0. The van der Waals surface area contributed by atoms with E-state index in [2.05, 4.69) is 20.2 Å². The van der Waals surface area contributed by atoms with Gasteiger partial charge in [-0.25, -0.2) is 9.97 Å². The Kier molecular flexibility index (Phi) is 7.81. The van der Waals surface area contributed by atoms with Crippen LogP contribution in [0.2, 0.25) is 5.02 Å². The molecule has 2 aliphatic rings. The molecule has 2 aromatic rings. The molecular weight excluding hydrogens is 420 g/mol. The number of halogens is 1. The maximum atomic E-state index is 13.2. The van der Waals surface area contributed by atoms with E-state index in [1.165, 1.54) is 0 Å². The van der Waals surface area contributed by atoms with Gasteiger partial charge in [-0.2, -0.15) is 0 Å². The number of carboxylic acid groups (broad SMARTS) is 1. The van der Waals surface area contributed by atoms with E-state index < -0.39 is 5.41 Å². The number of rotatable bonds is 6. The molecular formula is C22H27ClN4O4. The van der Waals surface area contributed by atoms with Gasteiger partial charge >= 0.3 is 0 Å². The minimum atomic E-state index is -0.481. The van der Waals surface area contributed by atoms with E-state index in [1.807, 2.05) is 37.3 Å². The van der Waals surface area contributed by atoms with Crippen LogP contribution in [0.4, 0.5) is 5.82 Å². The van der Waals surface area contributed by atoms with Crippen molar-refractivity contribution in [1.29, 1.82) is 0 Å². The molecule has 2 aliphatic heterocycles. The van der Waals surface area contributed by atoms with E-state index in [4.69, 9.17) is 26.2 Å². The van der Waals surface area contributed by atoms with Crippen LogP contribution < -0.4 is 10.2 Å². The second kappa shape index (κ2) is 10.5. The van der Waals surface area contributed by atoms with Crippen LogP contribution >= 0.6 is 11.6 Å². The van der Waals surface area contributed by atoms with Crippen molar-refractivity contribution >= 4 is 29.8 Å². The first-order chi connectivity index (χ1) is 15.0. The van der Waals surface area contributed by atoms with Crippen molar-refractivity contribution in [2.24, 2.45) is 5.41 Å². The smallest absolute Gasteiger partial charge is 0.290 e. The second-order valence-electron chi connectivity index (χ2n) is 7.85. The molecule has 1 amide bonds. The number of nitrogens with zero attached hydrogens (tertiary/aromatic N) is 3. The van der Waals surface area contributed by atoms with Crippen LogP contribution in [0, 0.1) is 12.3 Å². The van der Waals surface area contributed by atoms with Gasteiger partial charge in [0.25, 0.3) is 6.47 Å². The van der Waals surface area contributed by atoms with Crippen LogP contribution in [0.3, 0.4) is 0 Å². The van der Waals surface area contributed by atoms with Crippen LogP contribution in [0.25, 0.3) is 0 Å². The average Bonchev–Trinajstić information content (AvgIpc) is 3.24.